The highest BCUT2D eigenvalue weighted by molar-refractivity contribution is 6.04. The lowest BCUT2D eigenvalue weighted by Crippen LogP contribution is -2.30. The van der Waals surface area contributed by atoms with E-state index in [1.165, 1.54) is 43.5 Å². The number of anilines is 2. The van der Waals surface area contributed by atoms with Crippen molar-refractivity contribution in [1.82, 2.24) is 10.2 Å². The Morgan fingerprint density at radius 3 is 2.21 bits per heavy atom. The molecule has 3 aromatic rings. The third-order valence-corrected chi connectivity index (χ3v) is 4.88. The molecule has 0 saturated carbocycles. The van der Waals surface area contributed by atoms with E-state index < -0.39 is 0 Å². The molecule has 0 atom stereocenters. The largest absolute Gasteiger partial charge is 0.355 e. The molecule has 0 bridgehead atoms. The predicted molar refractivity (Wildman–Crippen MR) is 108 cm³/mol. The van der Waals surface area contributed by atoms with E-state index in [4.69, 9.17) is 0 Å². The molecule has 0 aliphatic carbocycles. The zero-order chi connectivity index (χ0) is 19.3. The number of carbonyl (C=O) groups excluding carboxylic acids is 1. The molecule has 2 heterocycles. The average Bonchev–Trinajstić information content (AvgIpc) is 2.75. The normalized spacial score (nSPS) is 14.0. The van der Waals surface area contributed by atoms with E-state index in [1.54, 1.807) is 0 Å². The van der Waals surface area contributed by atoms with Gasteiger partial charge in [-0.05, 0) is 67.8 Å². The SMILES string of the molecule is O=C(Nc1ccc(-c2ccc(N3CCCCC3)nn2)cc1)c1ccc(F)cc1. The quantitative estimate of drug-likeness (QED) is 0.727. The first-order chi connectivity index (χ1) is 13.7. The van der Waals surface area contributed by atoms with Crippen LogP contribution in [-0.4, -0.2) is 29.2 Å². The lowest BCUT2D eigenvalue weighted by atomic mass is 10.1. The third kappa shape index (κ3) is 4.17. The Labute approximate surface area is 163 Å². The Bertz CT molecular complexity index is 934. The Morgan fingerprint density at radius 2 is 1.57 bits per heavy atom. The molecule has 0 radical (unpaired) electrons. The molecule has 1 fully saturated rings. The molecule has 5 nitrogen and oxygen atoms in total. The van der Waals surface area contributed by atoms with Gasteiger partial charge in [0.15, 0.2) is 5.82 Å². The number of aromatic nitrogens is 2. The minimum absolute atomic E-state index is 0.279. The number of carbonyl (C=O) groups is 1. The molecule has 2 aromatic carbocycles. The molecule has 142 valence electrons. The summed E-state index contributed by atoms with van der Waals surface area (Å²) in [4.78, 5) is 14.5. The van der Waals surface area contributed by atoms with Crippen LogP contribution >= 0.6 is 0 Å². The van der Waals surface area contributed by atoms with E-state index in [1.807, 2.05) is 36.4 Å². The van der Waals surface area contributed by atoms with E-state index in [9.17, 15) is 9.18 Å². The van der Waals surface area contributed by atoms with Crippen molar-refractivity contribution in [2.75, 3.05) is 23.3 Å². The second-order valence-electron chi connectivity index (χ2n) is 6.86. The summed E-state index contributed by atoms with van der Waals surface area (Å²) in [6.45, 7) is 2.08. The van der Waals surface area contributed by atoms with Gasteiger partial charge in [-0.1, -0.05) is 12.1 Å². The van der Waals surface area contributed by atoms with Gasteiger partial charge in [-0.25, -0.2) is 4.39 Å². The second kappa shape index (κ2) is 8.17. The van der Waals surface area contributed by atoms with Crippen LogP contribution in [0.1, 0.15) is 29.6 Å². The third-order valence-electron chi connectivity index (χ3n) is 4.88. The summed E-state index contributed by atoms with van der Waals surface area (Å²) >= 11 is 0. The van der Waals surface area contributed by atoms with Gasteiger partial charge in [0.2, 0.25) is 0 Å². The lowest BCUT2D eigenvalue weighted by Gasteiger charge is -2.27. The van der Waals surface area contributed by atoms with Gasteiger partial charge in [-0.2, -0.15) is 0 Å². The minimum atomic E-state index is -0.367. The van der Waals surface area contributed by atoms with Crippen LogP contribution < -0.4 is 10.2 Å². The number of nitrogens with zero attached hydrogens (tertiary/aromatic N) is 3. The number of nitrogens with one attached hydrogen (secondary N) is 1. The van der Waals surface area contributed by atoms with E-state index in [0.717, 1.165) is 30.2 Å². The highest BCUT2D eigenvalue weighted by Crippen LogP contribution is 2.22. The van der Waals surface area contributed by atoms with Gasteiger partial charge < -0.3 is 10.2 Å². The van der Waals surface area contributed by atoms with Gasteiger partial charge in [0.25, 0.3) is 5.91 Å². The van der Waals surface area contributed by atoms with Crippen molar-refractivity contribution < 1.29 is 9.18 Å². The molecule has 4 rings (SSSR count). The first-order valence-corrected chi connectivity index (χ1v) is 9.45. The van der Waals surface area contributed by atoms with E-state index in [-0.39, 0.29) is 11.7 Å². The number of rotatable bonds is 4. The van der Waals surface area contributed by atoms with Crippen LogP contribution in [0.5, 0.6) is 0 Å². The number of hydrogen-bond acceptors (Lipinski definition) is 4. The van der Waals surface area contributed by atoms with Crippen molar-refractivity contribution in [3.63, 3.8) is 0 Å². The zero-order valence-electron chi connectivity index (χ0n) is 15.4. The Hall–Kier alpha value is -3.28. The molecule has 1 aromatic heterocycles. The molecule has 1 N–H and O–H groups in total. The van der Waals surface area contributed by atoms with Crippen molar-refractivity contribution >= 4 is 17.4 Å². The van der Waals surface area contributed by atoms with Crippen molar-refractivity contribution in [2.45, 2.75) is 19.3 Å². The van der Waals surface area contributed by atoms with E-state index >= 15 is 0 Å². The van der Waals surface area contributed by atoms with Crippen molar-refractivity contribution in [1.29, 1.82) is 0 Å². The molecule has 0 spiro atoms. The first kappa shape index (κ1) is 18.1. The summed E-state index contributed by atoms with van der Waals surface area (Å²) in [5, 5.41) is 11.5. The Morgan fingerprint density at radius 1 is 0.857 bits per heavy atom. The van der Waals surface area contributed by atoms with Crippen LogP contribution in [0.15, 0.2) is 60.7 Å². The van der Waals surface area contributed by atoms with Crippen molar-refractivity contribution in [2.24, 2.45) is 0 Å². The monoisotopic (exact) mass is 376 g/mol. The summed E-state index contributed by atoms with van der Waals surface area (Å²) in [6.07, 6.45) is 3.69. The maximum atomic E-state index is 13.0. The number of benzene rings is 2. The molecular formula is C22H21FN4O. The predicted octanol–water partition coefficient (Wildman–Crippen LogP) is 4.53. The molecule has 6 heteroatoms. The minimum Gasteiger partial charge on any atom is -0.355 e. The lowest BCUT2D eigenvalue weighted by molar-refractivity contribution is 0.102. The summed E-state index contributed by atoms with van der Waals surface area (Å²) in [7, 11) is 0. The number of piperidine rings is 1. The topological polar surface area (TPSA) is 58.1 Å². The van der Waals surface area contributed by atoms with Gasteiger partial charge >= 0.3 is 0 Å². The highest BCUT2D eigenvalue weighted by Gasteiger charge is 2.13. The molecule has 28 heavy (non-hydrogen) atoms. The fourth-order valence-corrected chi connectivity index (χ4v) is 3.30. The Kier molecular flexibility index (Phi) is 5.28. The molecule has 0 unspecified atom stereocenters. The van der Waals surface area contributed by atoms with Crippen LogP contribution in [0.3, 0.4) is 0 Å². The average molecular weight is 376 g/mol. The smallest absolute Gasteiger partial charge is 0.255 e. The van der Waals surface area contributed by atoms with Gasteiger partial charge in [-0.15, -0.1) is 10.2 Å². The van der Waals surface area contributed by atoms with Gasteiger partial charge in [-0.3, -0.25) is 4.79 Å². The molecule has 1 amide bonds. The van der Waals surface area contributed by atoms with Crippen molar-refractivity contribution in [3.8, 4) is 11.3 Å². The number of hydrogen-bond donors (Lipinski definition) is 1. The standard InChI is InChI=1S/C22H21FN4O/c23-18-8-4-17(5-9-18)22(28)24-19-10-6-16(7-11-19)20-12-13-21(26-25-20)27-14-2-1-3-15-27/h4-13H,1-3,14-15H2,(H,24,28). The maximum absolute atomic E-state index is 13.0. The zero-order valence-corrected chi connectivity index (χ0v) is 15.4. The molecular weight excluding hydrogens is 355 g/mol. The van der Waals surface area contributed by atoms with Crippen LogP contribution in [0.2, 0.25) is 0 Å². The molecule has 1 aliphatic heterocycles. The van der Waals surface area contributed by atoms with Crippen LogP contribution in [0.4, 0.5) is 15.9 Å². The second-order valence-corrected chi connectivity index (χ2v) is 6.86. The molecule has 1 saturated heterocycles. The fourth-order valence-electron chi connectivity index (χ4n) is 3.30. The summed E-state index contributed by atoms with van der Waals surface area (Å²) < 4.78 is 13.0. The summed E-state index contributed by atoms with van der Waals surface area (Å²) in [6, 6.07) is 16.9. The van der Waals surface area contributed by atoms with Crippen LogP contribution in [0.25, 0.3) is 11.3 Å². The van der Waals surface area contributed by atoms with Gasteiger partial charge in [0, 0.05) is 29.9 Å². The van der Waals surface area contributed by atoms with E-state index in [2.05, 4.69) is 20.4 Å². The summed E-state index contributed by atoms with van der Waals surface area (Å²) in [5.41, 5.74) is 2.79. The summed E-state index contributed by atoms with van der Waals surface area (Å²) in [5.74, 6) is 0.276. The van der Waals surface area contributed by atoms with Gasteiger partial charge in [0.05, 0.1) is 5.69 Å². The number of amides is 1. The maximum Gasteiger partial charge on any atom is 0.255 e. The highest BCUT2D eigenvalue weighted by atomic mass is 19.1. The van der Waals surface area contributed by atoms with E-state index in [0.29, 0.717) is 11.3 Å². The Balaban J connectivity index is 1.42. The first-order valence-electron chi connectivity index (χ1n) is 9.45. The van der Waals surface area contributed by atoms with Gasteiger partial charge in [0.1, 0.15) is 5.82 Å². The fraction of sp³-hybridized carbons (Fsp3) is 0.227. The van der Waals surface area contributed by atoms with Crippen LogP contribution in [0, 0.1) is 5.82 Å². The number of halogens is 1. The van der Waals surface area contributed by atoms with Crippen LogP contribution in [-0.2, 0) is 0 Å². The van der Waals surface area contributed by atoms with Crippen molar-refractivity contribution in [3.05, 3.63) is 72.0 Å². The molecule has 1 aliphatic rings.